The van der Waals surface area contributed by atoms with Crippen molar-refractivity contribution >= 4 is 0 Å². The molecule has 3 atom stereocenters. The van der Waals surface area contributed by atoms with Gasteiger partial charge in [0.25, 0.3) is 0 Å². The van der Waals surface area contributed by atoms with E-state index < -0.39 is 0 Å². The number of hydrogen-bond donors (Lipinski definition) is 1. The fourth-order valence-electron chi connectivity index (χ4n) is 3.05. The topological polar surface area (TPSA) is 35.8 Å². The standard InChI is InChI=1S/C17H24N2/c1-14(12-15-8-4-2-5-9-15)19-17-11-7-3-6-10-16(17)13-18/h2,4-5,8-9,14,16-17,19H,3,6-7,10-12H2,1H3. The highest BCUT2D eigenvalue weighted by atomic mass is 14.9. The summed E-state index contributed by atoms with van der Waals surface area (Å²) in [5.74, 6) is 0.195. The Balaban J connectivity index is 1.89. The average Bonchev–Trinajstić information content (AvgIpc) is 2.64. The lowest BCUT2D eigenvalue weighted by atomic mass is 9.95. The Bertz CT molecular complexity index is 407. The van der Waals surface area contributed by atoms with Gasteiger partial charge >= 0.3 is 0 Å². The van der Waals surface area contributed by atoms with Gasteiger partial charge in [-0.25, -0.2) is 0 Å². The van der Waals surface area contributed by atoms with E-state index in [1.54, 1.807) is 0 Å². The molecule has 0 radical (unpaired) electrons. The number of rotatable bonds is 4. The summed E-state index contributed by atoms with van der Waals surface area (Å²) < 4.78 is 0. The molecule has 1 saturated carbocycles. The van der Waals surface area contributed by atoms with Gasteiger partial charge in [0.05, 0.1) is 12.0 Å². The van der Waals surface area contributed by atoms with Crippen molar-refractivity contribution in [2.75, 3.05) is 0 Å². The Labute approximate surface area is 116 Å². The quantitative estimate of drug-likeness (QED) is 0.834. The Morgan fingerprint density at radius 2 is 1.95 bits per heavy atom. The second-order valence-corrected chi connectivity index (χ2v) is 5.74. The molecule has 0 saturated heterocycles. The molecule has 2 rings (SSSR count). The minimum Gasteiger partial charge on any atom is -0.310 e. The van der Waals surface area contributed by atoms with E-state index >= 15 is 0 Å². The maximum atomic E-state index is 9.30. The van der Waals surface area contributed by atoms with Crippen molar-refractivity contribution < 1.29 is 0 Å². The summed E-state index contributed by atoms with van der Waals surface area (Å²) >= 11 is 0. The van der Waals surface area contributed by atoms with Crippen LogP contribution in [0.5, 0.6) is 0 Å². The Morgan fingerprint density at radius 1 is 1.21 bits per heavy atom. The van der Waals surface area contributed by atoms with Gasteiger partial charge in [-0.2, -0.15) is 5.26 Å². The van der Waals surface area contributed by atoms with Crippen LogP contribution in [-0.4, -0.2) is 12.1 Å². The number of benzene rings is 1. The molecule has 1 fully saturated rings. The molecule has 3 unspecified atom stereocenters. The molecule has 0 aromatic heterocycles. The molecule has 0 spiro atoms. The Kier molecular flexibility index (Phi) is 5.42. The van der Waals surface area contributed by atoms with Crippen LogP contribution >= 0.6 is 0 Å². The molecule has 1 aliphatic carbocycles. The van der Waals surface area contributed by atoms with Gasteiger partial charge in [0.15, 0.2) is 0 Å². The zero-order valence-electron chi connectivity index (χ0n) is 11.8. The van der Waals surface area contributed by atoms with Crippen molar-refractivity contribution in [1.29, 1.82) is 5.26 Å². The third-order valence-electron chi connectivity index (χ3n) is 4.07. The van der Waals surface area contributed by atoms with Crippen molar-refractivity contribution in [3.8, 4) is 6.07 Å². The number of nitrogens with zero attached hydrogens (tertiary/aromatic N) is 1. The van der Waals surface area contributed by atoms with Crippen molar-refractivity contribution in [3.05, 3.63) is 35.9 Å². The van der Waals surface area contributed by atoms with Crippen molar-refractivity contribution in [3.63, 3.8) is 0 Å². The van der Waals surface area contributed by atoms with Crippen LogP contribution in [0.15, 0.2) is 30.3 Å². The monoisotopic (exact) mass is 256 g/mol. The van der Waals surface area contributed by atoms with Gasteiger partial charge in [0.2, 0.25) is 0 Å². The molecule has 2 nitrogen and oxygen atoms in total. The molecule has 0 bridgehead atoms. The Morgan fingerprint density at radius 3 is 2.68 bits per heavy atom. The van der Waals surface area contributed by atoms with Crippen molar-refractivity contribution in [1.82, 2.24) is 5.32 Å². The van der Waals surface area contributed by atoms with Gasteiger partial charge in [-0.3, -0.25) is 0 Å². The molecule has 0 heterocycles. The lowest BCUT2D eigenvalue weighted by molar-refractivity contribution is 0.356. The summed E-state index contributed by atoms with van der Waals surface area (Å²) in [4.78, 5) is 0. The van der Waals surface area contributed by atoms with Gasteiger partial charge in [-0.15, -0.1) is 0 Å². The minimum atomic E-state index is 0.195. The van der Waals surface area contributed by atoms with Crippen LogP contribution < -0.4 is 5.32 Å². The van der Waals surface area contributed by atoms with E-state index in [1.165, 1.54) is 24.8 Å². The molecule has 0 aliphatic heterocycles. The van der Waals surface area contributed by atoms with Crippen molar-refractivity contribution in [2.45, 2.75) is 57.5 Å². The normalized spacial score (nSPS) is 25.3. The summed E-state index contributed by atoms with van der Waals surface area (Å²) in [6.07, 6.45) is 7.00. The summed E-state index contributed by atoms with van der Waals surface area (Å²) in [5.41, 5.74) is 1.37. The highest BCUT2D eigenvalue weighted by Gasteiger charge is 2.24. The van der Waals surface area contributed by atoms with Crippen LogP contribution in [0.2, 0.25) is 0 Å². The number of hydrogen-bond acceptors (Lipinski definition) is 2. The van der Waals surface area contributed by atoms with E-state index in [0.29, 0.717) is 12.1 Å². The summed E-state index contributed by atoms with van der Waals surface area (Å²) in [6, 6.07) is 13.9. The third-order valence-corrected chi connectivity index (χ3v) is 4.07. The van der Waals surface area contributed by atoms with E-state index in [0.717, 1.165) is 19.3 Å². The van der Waals surface area contributed by atoms with Crippen LogP contribution in [0.4, 0.5) is 0 Å². The van der Waals surface area contributed by atoms with Gasteiger partial charge in [0.1, 0.15) is 0 Å². The van der Waals surface area contributed by atoms with E-state index in [-0.39, 0.29) is 5.92 Å². The molecule has 102 valence electrons. The fourth-order valence-corrected chi connectivity index (χ4v) is 3.05. The first kappa shape index (κ1) is 14.1. The number of nitriles is 1. The Hall–Kier alpha value is -1.33. The first-order valence-corrected chi connectivity index (χ1v) is 7.49. The molecular weight excluding hydrogens is 232 g/mol. The maximum Gasteiger partial charge on any atom is 0.0672 e. The molecule has 2 heteroatoms. The summed E-state index contributed by atoms with van der Waals surface area (Å²) in [6.45, 7) is 2.23. The van der Waals surface area contributed by atoms with Crippen LogP contribution in [0.25, 0.3) is 0 Å². The summed E-state index contributed by atoms with van der Waals surface area (Å²) in [7, 11) is 0. The van der Waals surface area contributed by atoms with Crippen LogP contribution in [-0.2, 0) is 6.42 Å². The lowest BCUT2D eigenvalue weighted by Gasteiger charge is -2.25. The predicted octanol–water partition coefficient (Wildman–Crippen LogP) is 3.68. The molecule has 19 heavy (non-hydrogen) atoms. The SMILES string of the molecule is CC(Cc1ccccc1)NC1CCCCCC1C#N. The second kappa shape index (κ2) is 7.31. The highest BCUT2D eigenvalue weighted by Crippen LogP contribution is 2.23. The fraction of sp³-hybridized carbons (Fsp3) is 0.588. The zero-order valence-corrected chi connectivity index (χ0v) is 11.8. The molecular formula is C17H24N2. The van der Waals surface area contributed by atoms with E-state index in [1.807, 2.05) is 0 Å². The van der Waals surface area contributed by atoms with Crippen LogP contribution in [0.1, 0.15) is 44.6 Å². The van der Waals surface area contributed by atoms with Crippen molar-refractivity contribution in [2.24, 2.45) is 5.92 Å². The zero-order chi connectivity index (χ0) is 13.5. The van der Waals surface area contributed by atoms with Gasteiger partial charge in [0, 0.05) is 12.1 Å². The van der Waals surface area contributed by atoms with E-state index in [4.69, 9.17) is 0 Å². The third kappa shape index (κ3) is 4.36. The van der Waals surface area contributed by atoms with Crippen LogP contribution in [0, 0.1) is 17.2 Å². The largest absolute Gasteiger partial charge is 0.310 e. The first-order chi connectivity index (χ1) is 9.29. The van der Waals surface area contributed by atoms with Crippen LogP contribution in [0.3, 0.4) is 0 Å². The molecule has 1 aromatic rings. The van der Waals surface area contributed by atoms with Gasteiger partial charge < -0.3 is 5.32 Å². The molecule has 1 N–H and O–H groups in total. The number of nitrogens with one attached hydrogen (secondary N) is 1. The smallest absolute Gasteiger partial charge is 0.0672 e. The first-order valence-electron chi connectivity index (χ1n) is 7.49. The van der Waals surface area contributed by atoms with E-state index in [2.05, 4.69) is 48.6 Å². The van der Waals surface area contributed by atoms with Gasteiger partial charge in [-0.1, -0.05) is 49.6 Å². The minimum absolute atomic E-state index is 0.195. The summed E-state index contributed by atoms with van der Waals surface area (Å²) in [5, 5.41) is 13.0. The second-order valence-electron chi connectivity index (χ2n) is 5.74. The predicted molar refractivity (Wildman–Crippen MR) is 78.7 cm³/mol. The lowest BCUT2D eigenvalue weighted by Crippen LogP contribution is -2.41. The molecule has 1 aromatic carbocycles. The highest BCUT2D eigenvalue weighted by molar-refractivity contribution is 5.15. The average molecular weight is 256 g/mol. The van der Waals surface area contributed by atoms with Gasteiger partial charge in [-0.05, 0) is 31.7 Å². The van der Waals surface area contributed by atoms with E-state index in [9.17, 15) is 5.26 Å². The molecule has 1 aliphatic rings. The molecule has 0 amide bonds. The maximum absolute atomic E-state index is 9.30.